The number of hydrogen-bond donors (Lipinski definition) is 1. The molecule has 0 radical (unpaired) electrons. The molecule has 0 aromatic carbocycles. The fourth-order valence-electron chi connectivity index (χ4n) is 2.08. The quantitative estimate of drug-likeness (QED) is 0.216. The molecule has 0 unspecified atom stereocenters. The van der Waals surface area contributed by atoms with Gasteiger partial charge in [-0.15, -0.1) is 0 Å². The molecule has 0 amide bonds. The molecule has 0 aromatic rings. The zero-order valence-corrected chi connectivity index (χ0v) is 14.5. The van der Waals surface area contributed by atoms with E-state index in [-0.39, 0.29) is 0 Å². The first-order valence-electron chi connectivity index (χ1n) is 8.78. The van der Waals surface area contributed by atoms with E-state index < -0.39 is 0 Å². The molecule has 0 saturated heterocycles. The van der Waals surface area contributed by atoms with Crippen LogP contribution in [0.2, 0.25) is 0 Å². The lowest BCUT2D eigenvalue weighted by atomic mass is 10.1. The first-order chi connectivity index (χ1) is 10.8. The third kappa shape index (κ3) is 16.6. The topological polar surface area (TPSA) is 20.2 Å². The molecule has 124 valence electrons. The number of aliphatic hydroxyl groups is 1. The summed E-state index contributed by atoms with van der Waals surface area (Å²) >= 11 is 0. The van der Waals surface area contributed by atoms with Crippen molar-refractivity contribution in [1.82, 2.24) is 0 Å². The standard InChI is InChI=1S/C21H34O/c1-3-4-5-6-7-8-9-10-11-12-13-14-15-16-17-18-19-21(2)20-22/h12-20,22H,3-11H2,1-2H3/b13-12+,15-14+,17-16+,19-18+,21-20+. The molecule has 0 heterocycles. The molecule has 0 aliphatic heterocycles. The van der Waals surface area contributed by atoms with E-state index in [4.69, 9.17) is 5.11 Å². The van der Waals surface area contributed by atoms with Gasteiger partial charge < -0.3 is 5.11 Å². The van der Waals surface area contributed by atoms with Crippen LogP contribution in [-0.4, -0.2) is 5.11 Å². The molecule has 0 aromatic heterocycles. The van der Waals surface area contributed by atoms with Crippen molar-refractivity contribution in [3.63, 3.8) is 0 Å². The van der Waals surface area contributed by atoms with Crippen LogP contribution in [0.25, 0.3) is 0 Å². The molecular weight excluding hydrogens is 268 g/mol. The van der Waals surface area contributed by atoms with Gasteiger partial charge in [0.25, 0.3) is 0 Å². The molecule has 0 bridgehead atoms. The van der Waals surface area contributed by atoms with Crippen molar-refractivity contribution < 1.29 is 5.11 Å². The SMILES string of the molecule is CCCCCCCCCC/C=C/C=C/C=C/C=C/C(C)=C/O. The Labute approximate surface area is 137 Å². The monoisotopic (exact) mass is 302 g/mol. The van der Waals surface area contributed by atoms with E-state index in [1.165, 1.54) is 57.8 Å². The fourth-order valence-corrected chi connectivity index (χ4v) is 2.08. The van der Waals surface area contributed by atoms with Crippen LogP contribution in [0.3, 0.4) is 0 Å². The van der Waals surface area contributed by atoms with Gasteiger partial charge in [-0.05, 0) is 25.3 Å². The summed E-state index contributed by atoms with van der Waals surface area (Å²) in [4.78, 5) is 0. The van der Waals surface area contributed by atoms with Gasteiger partial charge in [-0.3, -0.25) is 0 Å². The van der Waals surface area contributed by atoms with Crippen LogP contribution in [0.5, 0.6) is 0 Å². The highest BCUT2D eigenvalue weighted by atomic mass is 16.2. The highest BCUT2D eigenvalue weighted by Crippen LogP contribution is 2.09. The van der Waals surface area contributed by atoms with E-state index in [1.54, 1.807) is 0 Å². The second kappa shape index (κ2) is 17.6. The normalized spacial score (nSPS) is 13.5. The van der Waals surface area contributed by atoms with Gasteiger partial charge in [-0.2, -0.15) is 0 Å². The molecule has 1 heteroatoms. The zero-order chi connectivity index (χ0) is 16.3. The number of allylic oxidation sites excluding steroid dienone is 9. The summed E-state index contributed by atoms with van der Waals surface area (Å²) in [7, 11) is 0. The minimum atomic E-state index is 0.846. The van der Waals surface area contributed by atoms with E-state index in [0.29, 0.717) is 0 Å². The van der Waals surface area contributed by atoms with E-state index in [0.717, 1.165) is 11.8 Å². The summed E-state index contributed by atoms with van der Waals surface area (Å²) in [5, 5.41) is 8.70. The van der Waals surface area contributed by atoms with E-state index in [1.807, 2.05) is 37.3 Å². The molecule has 0 aliphatic carbocycles. The summed E-state index contributed by atoms with van der Waals surface area (Å²) < 4.78 is 0. The van der Waals surface area contributed by atoms with Gasteiger partial charge in [0.1, 0.15) is 0 Å². The second-order valence-corrected chi connectivity index (χ2v) is 5.69. The molecule has 0 spiro atoms. The summed E-state index contributed by atoms with van der Waals surface area (Å²) in [5.74, 6) is 0. The Hall–Kier alpha value is -1.50. The lowest BCUT2D eigenvalue weighted by molar-refractivity contribution is 0.469. The summed E-state index contributed by atoms with van der Waals surface area (Å²) in [6, 6.07) is 0. The van der Waals surface area contributed by atoms with Crippen molar-refractivity contribution >= 4 is 0 Å². The van der Waals surface area contributed by atoms with E-state index in [2.05, 4.69) is 25.2 Å². The Morgan fingerprint density at radius 2 is 1.27 bits per heavy atom. The van der Waals surface area contributed by atoms with Crippen LogP contribution in [0.1, 0.15) is 71.6 Å². The Bertz CT molecular complexity index is 369. The number of hydrogen-bond acceptors (Lipinski definition) is 1. The van der Waals surface area contributed by atoms with Crippen molar-refractivity contribution in [2.75, 3.05) is 0 Å². The van der Waals surface area contributed by atoms with Crippen molar-refractivity contribution in [2.45, 2.75) is 71.6 Å². The largest absolute Gasteiger partial charge is 0.515 e. The summed E-state index contributed by atoms with van der Waals surface area (Å²) in [6.07, 6.45) is 29.5. The van der Waals surface area contributed by atoms with Gasteiger partial charge in [0, 0.05) is 0 Å². The Morgan fingerprint density at radius 1 is 0.727 bits per heavy atom. The van der Waals surface area contributed by atoms with Gasteiger partial charge in [0.05, 0.1) is 6.26 Å². The Kier molecular flexibility index (Phi) is 16.4. The maximum atomic E-state index is 8.70. The molecule has 0 rings (SSSR count). The minimum absolute atomic E-state index is 0.846. The average molecular weight is 303 g/mol. The summed E-state index contributed by atoms with van der Waals surface area (Å²) in [6.45, 7) is 4.12. The molecule has 0 aliphatic rings. The maximum absolute atomic E-state index is 8.70. The van der Waals surface area contributed by atoms with Crippen LogP contribution in [0, 0.1) is 0 Å². The lowest BCUT2D eigenvalue weighted by Gasteiger charge is -1.99. The highest BCUT2D eigenvalue weighted by Gasteiger charge is 1.89. The van der Waals surface area contributed by atoms with Gasteiger partial charge in [-0.25, -0.2) is 0 Å². The first kappa shape index (κ1) is 20.5. The molecule has 1 nitrogen and oxygen atoms in total. The first-order valence-corrected chi connectivity index (χ1v) is 8.78. The average Bonchev–Trinajstić information content (AvgIpc) is 2.54. The lowest BCUT2D eigenvalue weighted by Crippen LogP contribution is -1.79. The fraction of sp³-hybridized carbons (Fsp3) is 0.524. The molecule has 0 saturated carbocycles. The van der Waals surface area contributed by atoms with E-state index in [9.17, 15) is 0 Å². The molecule has 22 heavy (non-hydrogen) atoms. The predicted molar refractivity (Wildman–Crippen MR) is 100 cm³/mol. The molecule has 0 atom stereocenters. The van der Waals surface area contributed by atoms with Crippen LogP contribution >= 0.6 is 0 Å². The van der Waals surface area contributed by atoms with Crippen molar-refractivity contribution in [3.05, 3.63) is 60.4 Å². The Morgan fingerprint density at radius 3 is 1.91 bits per heavy atom. The zero-order valence-electron chi connectivity index (χ0n) is 14.5. The van der Waals surface area contributed by atoms with Crippen LogP contribution in [0.15, 0.2) is 60.4 Å². The summed E-state index contributed by atoms with van der Waals surface area (Å²) in [5.41, 5.74) is 0.846. The highest BCUT2D eigenvalue weighted by molar-refractivity contribution is 5.21. The van der Waals surface area contributed by atoms with Gasteiger partial charge >= 0.3 is 0 Å². The van der Waals surface area contributed by atoms with Crippen molar-refractivity contribution in [1.29, 1.82) is 0 Å². The van der Waals surface area contributed by atoms with Gasteiger partial charge in [-0.1, -0.05) is 100 Å². The molecular formula is C21H34O. The van der Waals surface area contributed by atoms with Crippen LogP contribution in [0.4, 0.5) is 0 Å². The number of aliphatic hydroxyl groups excluding tert-OH is 1. The number of unbranched alkanes of at least 4 members (excludes halogenated alkanes) is 8. The molecule has 1 N–H and O–H groups in total. The smallest absolute Gasteiger partial charge is 0.0820 e. The minimum Gasteiger partial charge on any atom is -0.515 e. The van der Waals surface area contributed by atoms with E-state index >= 15 is 0 Å². The van der Waals surface area contributed by atoms with Gasteiger partial charge in [0.15, 0.2) is 0 Å². The molecule has 0 fully saturated rings. The van der Waals surface area contributed by atoms with Gasteiger partial charge in [0.2, 0.25) is 0 Å². The second-order valence-electron chi connectivity index (χ2n) is 5.69. The van der Waals surface area contributed by atoms with Crippen LogP contribution in [-0.2, 0) is 0 Å². The van der Waals surface area contributed by atoms with Crippen molar-refractivity contribution in [2.24, 2.45) is 0 Å². The third-order valence-electron chi connectivity index (χ3n) is 3.48. The Balaban J connectivity index is 3.45. The third-order valence-corrected chi connectivity index (χ3v) is 3.48. The number of rotatable bonds is 13. The maximum Gasteiger partial charge on any atom is 0.0820 e. The van der Waals surface area contributed by atoms with Crippen LogP contribution < -0.4 is 0 Å². The predicted octanol–water partition coefficient (Wildman–Crippen LogP) is 7.20. The van der Waals surface area contributed by atoms with Crippen molar-refractivity contribution in [3.8, 4) is 0 Å².